The molecule has 2 aliphatic rings. The van der Waals surface area contributed by atoms with E-state index in [0.717, 1.165) is 17.0 Å². The number of hydrogen-bond acceptors (Lipinski definition) is 7. The normalized spacial score (nSPS) is 25.9. The van der Waals surface area contributed by atoms with E-state index in [1.54, 1.807) is 31.4 Å². The summed E-state index contributed by atoms with van der Waals surface area (Å²) in [6.07, 6.45) is 3.21. The third-order valence-electron chi connectivity index (χ3n) is 5.28. The third-order valence-corrected chi connectivity index (χ3v) is 6.48. The van der Waals surface area contributed by atoms with Gasteiger partial charge in [-0.05, 0) is 43.5 Å². The van der Waals surface area contributed by atoms with E-state index in [4.69, 9.17) is 4.74 Å². The van der Waals surface area contributed by atoms with Crippen LogP contribution in [0, 0.1) is 11.8 Å². The van der Waals surface area contributed by atoms with Crippen molar-refractivity contribution in [2.24, 2.45) is 22.1 Å². The number of nitrogens with zero attached hydrogens (tertiary/aromatic N) is 3. The molecule has 0 bridgehead atoms. The number of anilines is 1. The lowest BCUT2D eigenvalue weighted by molar-refractivity contribution is -0.121. The maximum Gasteiger partial charge on any atom is 0.231 e. The number of hydrogen-bond donors (Lipinski definition) is 1. The van der Waals surface area contributed by atoms with Crippen LogP contribution in [-0.2, 0) is 19.6 Å². The molecule has 0 aromatic heterocycles. The first kappa shape index (κ1) is 19.5. The molecule has 0 aliphatic heterocycles. The van der Waals surface area contributed by atoms with Crippen LogP contribution >= 0.6 is 0 Å². The van der Waals surface area contributed by atoms with Gasteiger partial charge in [-0.15, -0.1) is 5.11 Å². The largest absolute Gasteiger partial charge is 0.510 e. The molecule has 3 rings (SSSR count). The fourth-order valence-electron chi connectivity index (χ4n) is 3.57. The zero-order chi connectivity index (χ0) is 19.8. The Hall–Kier alpha value is -2.26. The number of sulfonamides is 1. The van der Waals surface area contributed by atoms with Gasteiger partial charge in [-0.3, -0.25) is 9.10 Å². The van der Waals surface area contributed by atoms with Gasteiger partial charge in [-0.1, -0.05) is 0 Å². The van der Waals surface area contributed by atoms with Crippen LogP contribution in [0.5, 0.6) is 0 Å². The Kier molecular flexibility index (Phi) is 5.34. The number of allylic oxidation sites excluding steroid dienone is 2. The molecular formula is C18H23N3O5S. The summed E-state index contributed by atoms with van der Waals surface area (Å²) in [5, 5.41) is 18.5. The Bertz CT molecular complexity index is 892. The molecule has 3 atom stereocenters. The molecule has 9 heteroatoms. The molecule has 3 unspecified atom stereocenters. The molecule has 1 fully saturated rings. The van der Waals surface area contributed by atoms with Crippen molar-refractivity contribution in [3.63, 3.8) is 0 Å². The lowest BCUT2D eigenvalue weighted by Crippen LogP contribution is -2.30. The second-order valence-corrected chi connectivity index (χ2v) is 8.94. The average Bonchev–Trinajstić information content (AvgIpc) is 2.89. The quantitative estimate of drug-likeness (QED) is 0.774. The zero-order valence-corrected chi connectivity index (χ0v) is 16.3. The predicted molar refractivity (Wildman–Crippen MR) is 100 cm³/mol. The smallest absolute Gasteiger partial charge is 0.231 e. The van der Waals surface area contributed by atoms with E-state index >= 15 is 0 Å². The zero-order valence-electron chi connectivity index (χ0n) is 15.5. The Labute approximate surface area is 158 Å². The molecule has 0 amide bonds. The number of aliphatic hydroxyl groups is 1. The van der Waals surface area contributed by atoms with Crippen molar-refractivity contribution < 1.29 is 23.1 Å². The molecule has 1 N–H and O–H groups in total. The van der Waals surface area contributed by atoms with E-state index in [2.05, 4.69) is 10.2 Å². The highest BCUT2D eigenvalue weighted by Crippen LogP contribution is 2.43. The Morgan fingerprint density at radius 2 is 1.81 bits per heavy atom. The standard InChI is InChI=1S/C18H23N3O5S/c1-21(27(3,24)25)12-6-4-11(5-7-12)19-20-16-17(22)14-9-8-13(26-2)10-15(14)18(16)23/h4-7,13-15,23H,8-10H2,1-3H3. The van der Waals surface area contributed by atoms with Crippen LogP contribution in [0.4, 0.5) is 11.4 Å². The highest BCUT2D eigenvalue weighted by atomic mass is 32.2. The van der Waals surface area contributed by atoms with Crippen molar-refractivity contribution in [2.45, 2.75) is 25.4 Å². The summed E-state index contributed by atoms with van der Waals surface area (Å²) in [5.41, 5.74) is 0.963. The van der Waals surface area contributed by atoms with Crippen LogP contribution < -0.4 is 4.31 Å². The molecule has 0 radical (unpaired) electrons. The maximum absolute atomic E-state index is 12.5. The molecule has 2 aliphatic carbocycles. The number of ketones is 1. The number of carbonyl (C=O) groups is 1. The molecule has 8 nitrogen and oxygen atoms in total. The van der Waals surface area contributed by atoms with Gasteiger partial charge < -0.3 is 9.84 Å². The van der Waals surface area contributed by atoms with Crippen molar-refractivity contribution in [1.29, 1.82) is 0 Å². The highest BCUT2D eigenvalue weighted by Gasteiger charge is 2.46. The number of fused-ring (bicyclic) bond motifs is 1. The van der Waals surface area contributed by atoms with Crippen LogP contribution in [0.2, 0.25) is 0 Å². The lowest BCUT2D eigenvalue weighted by atomic mass is 9.79. The maximum atomic E-state index is 12.5. The first-order chi connectivity index (χ1) is 12.7. The molecule has 0 spiro atoms. The van der Waals surface area contributed by atoms with Gasteiger partial charge in [0.1, 0.15) is 5.76 Å². The molecule has 27 heavy (non-hydrogen) atoms. The van der Waals surface area contributed by atoms with Gasteiger partial charge in [0.2, 0.25) is 10.0 Å². The molecule has 1 saturated carbocycles. The van der Waals surface area contributed by atoms with E-state index in [0.29, 0.717) is 24.2 Å². The minimum Gasteiger partial charge on any atom is -0.510 e. The SMILES string of the molecule is COC1CCC2C(=O)C(N=Nc3ccc(N(C)S(C)(=O)=O)cc3)=C(O)C2C1. The summed E-state index contributed by atoms with van der Waals surface area (Å²) in [5.74, 6) is -0.694. The number of rotatable bonds is 5. The second-order valence-electron chi connectivity index (χ2n) is 6.93. The Morgan fingerprint density at radius 3 is 2.41 bits per heavy atom. The van der Waals surface area contributed by atoms with Gasteiger partial charge in [0, 0.05) is 26.0 Å². The van der Waals surface area contributed by atoms with Gasteiger partial charge in [0.05, 0.1) is 23.7 Å². The van der Waals surface area contributed by atoms with Crippen LogP contribution in [0.3, 0.4) is 0 Å². The number of Topliss-reactive ketones (excluding diaryl/α,β-unsaturated/α-hetero) is 1. The summed E-state index contributed by atoms with van der Waals surface area (Å²) in [6.45, 7) is 0. The Morgan fingerprint density at radius 1 is 1.15 bits per heavy atom. The number of benzene rings is 1. The number of aliphatic hydroxyl groups excluding tert-OH is 1. The fraction of sp³-hybridized carbons (Fsp3) is 0.500. The molecular weight excluding hydrogens is 370 g/mol. The van der Waals surface area contributed by atoms with Crippen molar-refractivity contribution >= 4 is 27.2 Å². The molecule has 0 saturated heterocycles. The van der Waals surface area contributed by atoms with Crippen molar-refractivity contribution in [3.8, 4) is 0 Å². The van der Waals surface area contributed by atoms with Crippen molar-refractivity contribution in [3.05, 3.63) is 35.7 Å². The van der Waals surface area contributed by atoms with Crippen molar-refractivity contribution in [2.75, 3.05) is 24.7 Å². The van der Waals surface area contributed by atoms with Gasteiger partial charge in [-0.2, -0.15) is 5.11 Å². The number of methoxy groups -OCH3 is 1. The highest BCUT2D eigenvalue weighted by molar-refractivity contribution is 7.92. The average molecular weight is 393 g/mol. The minimum absolute atomic E-state index is 0.0103. The van der Waals surface area contributed by atoms with Gasteiger partial charge in [-0.25, -0.2) is 8.42 Å². The van der Waals surface area contributed by atoms with Gasteiger partial charge in [0.15, 0.2) is 11.5 Å². The number of ether oxygens (including phenoxy) is 1. The summed E-state index contributed by atoms with van der Waals surface area (Å²) in [6, 6.07) is 6.41. The minimum atomic E-state index is -3.34. The van der Waals surface area contributed by atoms with Gasteiger partial charge >= 0.3 is 0 Å². The van der Waals surface area contributed by atoms with Crippen LogP contribution in [0.1, 0.15) is 19.3 Å². The first-order valence-corrected chi connectivity index (χ1v) is 10.5. The van der Waals surface area contributed by atoms with Crippen molar-refractivity contribution in [1.82, 2.24) is 0 Å². The first-order valence-electron chi connectivity index (χ1n) is 8.68. The van der Waals surface area contributed by atoms with Crippen LogP contribution in [-0.4, -0.2) is 45.8 Å². The second kappa shape index (κ2) is 7.40. The van der Waals surface area contributed by atoms with E-state index in [1.807, 2.05) is 0 Å². The van der Waals surface area contributed by atoms with E-state index in [9.17, 15) is 18.3 Å². The number of azo groups is 1. The molecule has 0 heterocycles. The summed E-state index contributed by atoms with van der Waals surface area (Å²) < 4.78 is 29.6. The van der Waals surface area contributed by atoms with Crippen LogP contribution in [0.25, 0.3) is 0 Å². The topological polar surface area (TPSA) is 109 Å². The van der Waals surface area contributed by atoms with Gasteiger partial charge in [0.25, 0.3) is 0 Å². The van der Waals surface area contributed by atoms with E-state index < -0.39 is 10.0 Å². The molecule has 146 valence electrons. The Balaban J connectivity index is 1.77. The van der Waals surface area contributed by atoms with E-state index in [1.165, 1.54) is 7.05 Å². The summed E-state index contributed by atoms with van der Waals surface area (Å²) >= 11 is 0. The van der Waals surface area contributed by atoms with Crippen LogP contribution in [0.15, 0.2) is 46.0 Å². The molecule has 1 aromatic carbocycles. The number of carbonyl (C=O) groups excluding carboxylic acids is 1. The summed E-state index contributed by atoms with van der Waals surface area (Å²) in [4.78, 5) is 12.5. The van der Waals surface area contributed by atoms with E-state index in [-0.39, 0.29) is 35.2 Å². The predicted octanol–water partition coefficient (Wildman–Crippen LogP) is 2.95. The lowest BCUT2D eigenvalue weighted by Gasteiger charge is -2.29. The molecule has 1 aromatic rings. The monoisotopic (exact) mass is 393 g/mol. The summed E-state index contributed by atoms with van der Waals surface area (Å²) in [7, 11) is -0.252. The fourth-order valence-corrected chi connectivity index (χ4v) is 4.07. The third kappa shape index (κ3) is 3.89.